The van der Waals surface area contributed by atoms with E-state index >= 15 is 0 Å². The fraction of sp³-hybridized carbons (Fsp3) is 0.429. The van der Waals surface area contributed by atoms with Gasteiger partial charge in [-0.2, -0.15) is 0 Å². The Kier molecular flexibility index (Phi) is 9.11. The van der Waals surface area contributed by atoms with E-state index in [1.807, 2.05) is 0 Å². The zero-order chi connectivity index (χ0) is 19.9. The first-order valence-corrected chi connectivity index (χ1v) is 9.85. The SMILES string of the molecule is CCc1cc(CC)c(Cl)c(Cc2cc(CC)c(N)c(CC)c2Cl)c1.N=N. The van der Waals surface area contributed by atoms with Gasteiger partial charge in [0.2, 0.25) is 0 Å². The van der Waals surface area contributed by atoms with Crippen LogP contribution in [-0.4, -0.2) is 0 Å². The summed E-state index contributed by atoms with van der Waals surface area (Å²) in [7, 11) is 0. The highest BCUT2D eigenvalue weighted by Crippen LogP contribution is 2.34. The highest BCUT2D eigenvalue weighted by Gasteiger charge is 2.15. The van der Waals surface area contributed by atoms with Crippen LogP contribution in [0.1, 0.15) is 61.1 Å². The number of halogens is 2. The van der Waals surface area contributed by atoms with Crippen LogP contribution in [0.3, 0.4) is 0 Å². The molecule has 0 spiro atoms. The van der Waals surface area contributed by atoms with Crippen LogP contribution in [0.15, 0.2) is 18.2 Å². The summed E-state index contributed by atoms with van der Waals surface area (Å²) >= 11 is 13.3. The fourth-order valence-corrected chi connectivity index (χ4v) is 3.91. The molecule has 0 unspecified atom stereocenters. The van der Waals surface area contributed by atoms with Crippen molar-refractivity contribution < 1.29 is 0 Å². The van der Waals surface area contributed by atoms with Gasteiger partial charge in [0.1, 0.15) is 0 Å². The Hall–Kier alpha value is -1.58. The lowest BCUT2D eigenvalue weighted by atomic mass is 9.93. The third-order valence-corrected chi connectivity index (χ3v) is 5.71. The Bertz CT molecular complexity index is 758. The molecule has 0 bridgehead atoms. The molecule has 2 rings (SSSR count). The smallest absolute Gasteiger partial charge is 0.0493 e. The van der Waals surface area contributed by atoms with E-state index in [1.165, 1.54) is 16.7 Å². The van der Waals surface area contributed by atoms with Crippen molar-refractivity contribution in [2.75, 3.05) is 5.73 Å². The molecule has 0 fully saturated rings. The number of hydrogen-bond acceptors (Lipinski definition) is 3. The monoisotopic (exact) mass is 393 g/mol. The van der Waals surface area contributed by atoms with Crippen LogP contribution >= 0.6 is 23.2 Å². The van der Waals surface area contributed by atoms with Crippen LogP contribution in [0, 0.1) is 11.1 Å². The number of nitrogens with one attached hydrogen (secondary N) is 2. The highest BCUT2D eigenvalue weighted by atomic mass is 35.5. The van der Waals surface area contributed by atoms with Crippen molar-refractivity contribution in [3.63, 3.8) is 0 Å². The quantitative estimate of drug-likeness (QED) is 0.358. The fourth-order valence-electron chi connectivity index (χ4n) is 3.24. The van der Waals surface area contributed by atoms with Gasteiger partial charge in [-0.1, -0.05) is 69.1 Å². The summed E-state index contributed by atoms with van der Waals surface area (Å²) in [5.41, 5.74) is 24.2. The lowest BCUT2D eigenvalue weighted by Crippen LogP contribution is -2.04. The maximum absolute atomic E-state index is 6.67. The van der Waals surface area contributed by atoms with Gasteiger partial charge in [0.15, 0.2) is 0 Å². The molecule has 0 aromatic heterocycles. The third-order valence-electron chi connectivity index (χ3n) is 4.75. The van der Waals surface area contributed by atoms with Crippen LogP contribution in [0.25, 0.3) is 0 Å². The number of aryl methyl sites for hydroxylation is 3. The van der Waals surface area contributed by atoms with Crippen molar-refractivity contribution >= 4 is 28.9 Å². The Balaban J connectivity index is 0.00000163. The predicted molar refractivity (Wildman–Crippen MR) is 113 cm³/mol. The highest BCUT2D eigenvalue weighted by molar-refractivity contribution is 6.33. The van der Waals surface area contributed by atoms with Crippen molar-refractivity contribution in [1.29, 1.82) is 11.1 Å². The second-order valence-corrected chi connectivity index (χ2v) is 6.98. The number of nitrogen functional groups attached to an aromatic ring is 1. The first-order valence-electron chi connectivity index (χ1n) is 9.10. The zero-order valence-corrected chi connectivity index (χ0v) is 17.6. The normalized spacial score (nSPS) is 10.4. The van der Waals surface area contributed by atoms with Gasteiger partial charge < -0.3 is 5.73 Å². The van der Waals surface area contributed by atoms with Crippen molar-refractivity contribution in [2.24, 2.45) is 0 Å². The lowest BCUT2D eigenvalue weighted by Gasteiger charge is -2.17. The molecule has 3 nitrogen and oxygen atoms in total. The summed E-state index contributed by atoms with van der Waals surface area (Å²) in [5, 5.41) is 1.67. The van der Waals surface area contributed by atoms with E-state index in [2.05, 4.69) is 45.9 Å². The van der Waals surface area contributed by atoms with Crippen molar-refractivity contribution in [3.05, 3.63) is 61.6 Å². The maximum atomic E-state index is 6.67. The topological polar surface area (TPSA) is 73.7 Å². The van der Waals surface area contributed by atoms with Crippen LogP contribution in [-0.2, 0) is 32.1 Å². The summed E-state index contributed by atoms with van der Waals surface area (Å²) < 4.78 is 0. The summed E-state index contributed by atoms with van der Waals surface area (Å²) in [4.78, 5) is 0. The maximum Gasteiger partial charge on any atom is 0.0493 e. The second kappa shape index (κ2) is 10.5. The Labute approximate surface area is 167 Å². The molecule has 5 heteroatoms. The molecule has 0 saturated heterocycles. The standard InChI is InChI=1S/C21H27Cl2N.H2N2/c1-5-13-9-14(6-2)19(22)16(10-13)12-17-11-15(7-3)21(24)18(8-4)20(17)23;1-2/h9-11H,5-8,12,24H2,1-4H3;1-2H. The van der Waals surface area contributed by atoms with Crippen molar-refractivity contribution in [1.82, 2.24) is 0 Å². The molecular weight excluding hydrogens is 365 g/mol. The molecule has 0 aliphatic carbocycles. The van der Waals surface area contributed by atoms with Gasteiger partial charge in [0.25, 0.3) is 0 Å². The average Bonchev–Trinajstić information content (AvgIpc) is 2.67. The Morgan fingerprint density at radius 1 is 0.731 bits per heavy atom. The van der Waals surface area contributed by atoms with E-state index in [4.69, 9.17) is 40.0 Å². The average molecular weight is 394 g/mol. The lowest BCUT2D eigenvalue weighted by molar-refractivity contribution is 1.04. The molecule has 0 amide bonds. The molecule has 0 aliphatic rings. The molecule has 0 radical (unpaired) electrons. The van der Waals surface area contributed by atoms with Crippen LogP contribution in [0.5, 0.6) is 0 Å². The molecule has 2 aromatic carbocycles. The van der Waals surface area contributed by atoms with Gasteiger partial charge in [0.05, 0.1) is 0 Å². The summed E-state index contributed by atoms with van der Waals surface area (Å²) in [6.07, 6.45) is 4.45. The first kappa shape index (κ1) is 22.5. The number of benzene rings is 2. The number of nitrogens with two attached hydrogens (primary N) is 1. The molecule has 26 heavy (non-hydrogen) atoms. The van der Waals surface area contributed by atoms with Crippen molar-refractivity contribution in [2.45, 2.75) is 59.8 Å². The Morgan fingerprint density at radius 2 is 1.27 bits per heavy atom. The molecule has 0 aliphatic heterocycles. The summed E-state index contributed by atoms with van der Waals surface area (Å²) in [6.45, 7) is 8.54. The van der Waals surface area contributed by atoms with E-state index in [1.54, 1.807) is 0 Å². The second-order valence-electron chi connectivity index (χ2n) is 6.22. The number of rotatable bonds is 6. The number of hydrogen-bond donors (Lipinski definition) is 3. The van der Waals surface area contributed by atoms with Crippen LogP contribution in [0.4, 0.5) is 5.69 Å². The minimum atomic E-state index is 0.749. The molecular formula is C21H29Cl2N3. The molecule has 142 valence electrons. The molecule has 0 saturated carbocycles. The van der Waals surface area contributed by atoms with Gasteiger partial charge in [-0.05, 0) is 59.1 Å². The van der Waals surface area contributed by atoms with Gasteiger partial charge in [-0.25, -0.2) is 11.1 Å². The molecule has 0 atom stereocenters. The van der Waals surface area contributed by atoms with Gasteiger partial charge in [0, 0.05) is 22.2 Å². The molecule has 2 aromatic rings. The van der Waals surface area contributed by atoms with E-state index in [0.717, 1.165) is 64.5 Å². The Morgan fingerprint density at radius 3 is 1.77 bits per heavy atom. The minimum absolute atomic E-state index is 0.749. The minimum Gasteiger partial charge on any atom is -0.398 e. The zero-order valence-electron chi connectivity index (χ0n) is 16.1. The van der Waals surface area contributed by atoms with E-state index in [-0.39, 0.29) is 0 Å². The van der Waals surface area contributed by atoms with E-state index < -0.39 is 0 Å². The third kappa shape index (κ3) is 4.77. The van der Waals surface area contributed by atoms with Gasteiger partial charge in [-0.15, -0.1) is 0 Å². The van der Waals surface area contributed by atoms with E-state index in [0.29, 0.717) is 0 Å². The summed E-state index contributed by atoms with van der Waals surface area (Å²) in [5.74, 6) is 0. The van der Waals surface area contributed by atoms with Gasteiger partial charge >= 0.3 is 0 Å². The van der Waals surface area contributed by atoms with Crippen molar-refractivity contribution in [3.8, 4) is 0 Å². The van der Waals surface area contributed by atoms with E-state index in [9.17, 15) is 0 Å². The first-order chi connectivity index (χ1) is 12.5. The van der Waals surface area contributed by atoms with Gasteiger partial charge in [-0.3, -0.25) is 0 Å². The molecule has 4 N–H and O–H groups in total. The van der Waals surface area contributed by atoms with Crippen LogP contribution in [0.2, 0.25) is 10.0 Å². The number of anilines is 1. The molecule has 0 heterocycles. The summed E-state index contributed by atoms with van der Waals surface area (Å²) in [6, 6.07) is 6.58. The largest absolute Gasteiger partial charge is 0.398 e. The predicted octanol–water partition coefficient (Wildman–Crippen LogP) is 7.01. The van der Waals surface area contributed by atoms with Crippen LogP contribution < -0.4 is 5.73 Å².